The number of aryl methyl sites for hydroxylation is 1. The van der Waals surface area contributed by atoms with E-state index in [4.69, 9.17) is 5.73 Å². The van der Waals surface area contributed by atoms with Gasteiger partial charge in [-0.05, 0) is 88.8 Å². The van der Waals surface area contributed by atoms with Crippen molar-refractivity contribution in [1.82, 2.24) is 15.5 Å². The quantitative estimate of drug-likeness (QED) is 0.625. The minimum absolute atomic E-state index is 0.00343. The molecule has 2 amide bonds. The van der Waals surface area contributed by atoms with Crippen molar-refractivity contribution in [3.05, 3.63) is 35.4 Å². The normalized spacial score (nSPS) is 28.9. The van der Waals surface area contributed by atoms with Gasteiger partial charge in [0.2, 0.25) is 5.91 Å². The maximum atomic E-state index is 13.3. The zero-order valence-corrected chi connectivity index (χ0v) is 18.8. The monoisotopic (exact) mass is 426 g/mol. The highest BCUT2D eigenvalue weighted by atomic mass is 16.2. The van der Waals surface area contributed by atoms with Gasteiger partial charge in [-0.3, -0.25) is 9.59 Å². The molecule has 0 bridgehead atoms. The summed E-state index contributed by atoms with van der Waals surface area (Å²) in [5, 5.41) is 6.87. The minimum Gasteiger partial charge on any atom is -0.354 e. The van der Waals surface area contributed by atoms with Gasteiger partial charge in [0.25, 0.3) is 5.91 Å². The summed E-state index contributed by atoms with van der Waals surface area (Å²) < 4.78 is 0. The third kappa shape index (κ3) is 5.86. The van der Waals surface area contributed by atoms with Crippen LogP contribution in [0, 0.1) is 18.8 Å². The van der Waals surface area contributed by atoms with E-state index >= 15 is 0 Å². The highest BCUT2D eigenvalue weighted by Gasteiger charge is 2.38. The van der Waals surface area contributed by atoms with E-state index in [0.29, 0.717) is 49.0 Å². The lowest BCUT2D eigenvalue weighted by atomic mass is 9.82. The van der Waals surface area contributed by atoms with Gasteiger partial charge in [0.1, 0.15) is 6.04 Å². The first-order valence-corrected chi connectivity index (χ1v) is 12.1. The van der Waals surface area contributed by atoms with Crippen molar-refractivity contribution in [3.63, 3.8) is 0 Å². The zero-order chi connectivity index (χ0) is 21.8. The second-order valence-electron chi connectivity index (χ2n) is 9.91. The van der Waals surface area contributed by atoms with Crippen LogP contribution >= 0.6 is 0 Å². The maximum Gasteiger partial charge on any atom is 0.254 e. The van der Waals surface area contributed by atoms with Crippen molar-refractivity contribution in [3.8, 4) is 0 Å². The second kappa shape index (κ2) is 10.1. The topological polar surface area (TPSA) is 87.5 Å². The summed E-state index contributed by atoms with van der Waals surface area (Å²) in [4.78, 5) is 28.3. The number of piperidine rings is 1. The molecule has 4 rings (SSSR count). The Kier molecular flexibility index (Phi) is 7.28. The van der Waals surface area contributed by atoms with E-state index in [2.05, 4.69) is 10.6 Å². The molecule has 1 heterocycles. The first-order valence-electron chi connectivity index (χ1n) is 12.1. The predicted molar refractivity (Wildman–Crippen MR) is 123 cm³/mol. The van der Waals surface area contributed by atoms with Crippen LogP contribution < -0.4 is 16.4 Å². The van der Waals surface area contributed by atoms with Crippen molar-refractivity contribution in [2.24, 2.45) is 17.6 Å². The number of hydrogen-bond acceptors (Lipinski definition) is 4. The predicted octanol–water partition coefficient (Wildman–Crippen LogP) is 2.60. The number of carbonyl (C=O) groups is 2. The average Bonchev–Trinajstić information content (AvgIpc) is 3.62. The van der Waals surface area contributed by atoms with Gasteiger partial charge in [0.05, 0.1) is 0 Å². The zero-order valence-electron chi connectivity index (χ0n) is 18.8. The first-order chi connectivity index (χ1) is 15.0. The minimum atomic E-state index is -0.404. The molecular formula is C25H38N4O2. The Balaban J connectivity index is 1.39. The van der Waals surface area contributed by atoms with Crippen LogP contribution in [0.25, 0.3) is 0 Å². The van der Waals surface area contributed by atoms with Crippen molar-refractivity contribution in [2.45, 2.75) is 76.4 Å². The third-order valence-corrected chi connectivity index (χ3v) is 7.38. The smallest absolute Gasteiger partial charge is 0.254 e. The van der Waals surface area contributed by atoms with Crippen LogP contribution in [0.2, 0.25) is 0 Å². The number of amides is 2. The Labute approximate surface area is 186 Å². The van der Waals surface area contributed by atoms with E-state index in [1.165, 1.54) is 12.8 Å². The van der Waals surface area contributed by atoms with Crippen LogP contribution in [-0.4, -0.2) is 54.5 Å². The van der Waals surface area contributed by atoms with Crippen LogP contribution in [0.3, 0.4) is 0 Å². The van der Waals surface area contributed by atoms with E-state index in [-0.39, 0.29) is 11.8 Å². The van der Waals surface area contributed by atoms with Gasteiger partial charge < -0.3 is 21.3 Å². The summed E-state index contributed by atoms with van der Waals surface area (Å²) in [6.07, 6.45) is 8.63. The van der Waals surface area contributed by atoms with E-state index in [0.717, 1.165) is 44.2 Å². The molecule has 1 unspecified atom stereocenters. The molecule has 3 aliphatic rings. The van der Waals surface area contributed by atoms with E-state index in [1.54, 1.807) is 4.90 Å². The van der Waals surface area contributed by atoms with Gasteiger partial charge in [-0.2, -0.15) is 0 Å². The summed E-state index contributed by atoms with van der Waals surface area (Å²) in [5.41, 5.74) is 7.60. The molecule has 2 atom stereocenters. The molecule has 6 heteroatoms. The number of nitrogens with one attached hydrogen (secondary N) is 2. The molecule has 1 aliphatic heterocycles. The Morgan fingerprint density at radius 2 is 1.65 bits per heavy atom. The lowest BCUT2D eigenvalue weighted by Crippen LogP contribution is -2.57. The number of benzene rings is 1. The standard InChI is InChI=1S/C25H38N4O2/c1-17-2-8-20(9-3-17)25(31)29-13-12-22(28-21-10-11-21)14-23(29)24(30)27-16-19-6-4-18(15-26)5-7-19/h2-3,8-9,18-19,21-23,28H,4-7,10-16,26H2,1H3,(H,27,30)/t18?,19?,22?,23-/m1/s1. The van der Waals surface area contributed by atoms with Crippen molar-refractivity contribution >= 4 is 11.8 Å². The number of nitrogens with two attached hydrogens (primary N) is 1. The number of nitrogens with zero attached hydrogens (tertiary/aromatic N) is 1. The lowest BCUT2D eigenvalue weighted by molar-refractivity contribution is -0.127. The maximum absolute atomic E-state index is 13.3. The van der Waals surface area contributed by atoms with Crippen molar-refractivity contribution in [2.75, 3.05) is 19.6 Å². The molecule has 4 N–H and O–H groups in total. The number of carbonyl (C=O) groups excluding carboxylic acids is 2. The molecule has 3 fully saturated rings. The first kappa shape index (κ1) is 22.3. The Morgan fingerprint density at radius 1 is 0.968 bits per heavy atom. The average molecular weight is 427 g/mol. The van der Waals surface area contributed by atoms with Crippen LogP contribution in [0.15, 0.2) is 24.3 Å². The molecule has 2 saturated carbocycles. The molecule has 1 aromatic carbocycles. The van der Waals surface area contributed by atoms with Crippen molar-refractivity contribution < 1.29 is 9.59 Å². The molecular weight excluding hydrogens is 388 g/mol. The van der Waals surface area contributed by atoms with Crippen LogP contribution in [0.1, 0.15) is 67.3 Å². The van der Waals surface area contributed by atoms with Gasteiger partial charge in [0.15, 0.2) is 0 Å². The van der Waals surface area contributed by atoms with Crippen molar-refractivity contribution in [1.29, 1.82) is 0 Å². The number of likely N-dealkylation sites (tertiary alicyclic amines) is 1. The molecule has 1 saturated heterocycles. The summed E-state index contributed by atoms with van der Waals surface area (Å²) in [7, 11) is 0. The van der Waals surface area contributed by atoms with Gasteiger partial charge in [-0.1, -0.05) is 17.7 Å². The fraction of sp³-hybridized carbons (Fsp3) is 0.680. The fourth-order valence-corrected chi connectivity index (χ4v) is 5.09. The van der Waals surface area contributed by atoms with Crippen LogP contribution in [0.5, 0.6) is 0 Å². The molecule has 2 aliphatic carbocycles. The van der Waals surface area contributed by atoms with Gasteiger partial charge >= 0.3 is 0 Å². The molecule has 0 spiro atoms. The Morgan fingerprint density at radius 3 is 2.29 bits per heavy atom. The molecule has 0 aromatic heterocycles. The summed E-state index contributed by atoms with van der Waals surface area (Å²) in [6.45, 7) is 4.11. The third-order valence-electron chi connectivity index (χ3n) is 7.38. The van der Waals surface area contributed by atoms with E-state index in [1.807, 2.05) is 31.2 Å². The number of rotatable bonds is 7. The van der Waals surface area contributed by atoms with E-state index in [9.17, 15) is 9.59 Å². The van der Waals surface area contributed by atoms with E-state index < -0.39 is 6.04 Å². The molecule has 170 valence electrons. The summed E-state index contributed by atoms with van der Waals surface area (Å²) >= 11 is 0. The molecule has 1 aromatic rings. The summed E-state index contributed by atoms with van der Waals surface area (Å²) in [5.74, 6) is 1.14. The van der Waals surface area contributed by atoms with Crippen LogP contribution in [0.4, 0.5) is 0 Å². The largest absolute Gasteiger partial charge is 0.354 e. The van der Waals surface area contributed by atoms with Gasteiger partial charge in [0, 0.05) is 30.7 Å². The number of hydrogen-bond donors (Lipinski definition) is 3. The lowest BCUT2D eigenvalue weighted by Gasteiger charge is -2.39. The SMILES string of the molecule is Cc1ccc(C(=O)N2CCC(NC3CC3)C[C@@H]2C(=O)NCC2CCC(CN)CC2)cc1. The summed E-state index contributed by atoms with van der Waals surface area (Å²) in [6, 6.07) is 8.17. The Bertz CT molecular complexity index is 753. The molecule has 31 heavy (non-hydrogen) atoms. The van der Waals surface area contributed by atoms with Gasteiger partial charge in [-0.25, -0.2) is 0 Å². The Hall–Kier alpha value is -1.92. The van der Waals surface area contributed by atoms with Gasteiger partial charge in [-0.15, -0.1) is 0 Å². The molecule has 6 nitrogen and oxygen atoms in total. The van der Waals surface area contributed by atoms with Crippen LogP contribution in [-0.2, 0) is 4.79 Å². The highest BCUT2D eigenvalue weighted by Crippen LogP contribution is 2.28. The molecule has 0 radical (unpaired) electrons. The second-order valence-corrected chi connectivity index (χ2v) is 9.91. The highest BCUT2D eigenvalue weighted by molar-refractivity contribution is 5.97. The fourth-order valence-electron chi connectivity index (χ4n) is 5.09.